The normalized spacial score (nSPS) is 22.4. The van der Waals surface area contributed by atoms with Gasteiger partial charge in [-0.3, -0.25) is 44.0 Å². The standard InChI is InChI=1S/C46H46F3N9O5/c47-46(48,49)37-23-30(3-2-29(37)25-50)51-44(63)45(13-1-14-45)57-17-10-28-22-32(5-7-38(28)57)53-15-11-31(12-16-53)56-26-34(27-56)55-20-18-54(19-21-55)33-4-6-35-36(24-33)43(62)58(42(35)61)39-8-9-40(59)52-41(39)60/h2-7,10,17,22-24,31,34,39H,1,8-9,11-16,18-21,26-27H2,(H,51,63)(H,52,59,60). The van der Waals surface area contributed by atoms with Crippen molar-refractivity contribution in [1.29, 1.82) is 5.26 Å². The van der Waals surface area contributed by atoms with Crippen molar-refractivity contribution in [3.05, 3.63) is 89.1 Å². The summed E-state index contributed by atoms with van der Waals surface area (Å²) in [6.45, 7) is 7.26. The van der Waals surface area contributed by atoms with Crippen LogP contribution in [0.5, 0.6) is 0 Å². The Hall–Kier alpha value is -6.25. The van der Waals surface area contributed by atoms with Gasteiger partial charge in [0.1, 0.15) is 11.6 Å². The summed E-state index contributed by atoms with van der Waals surface area (Å²) in [5.74, 6) is -2.39. The maximum absolute atomic E-state index is 13.8. The maximum Gasteiger partial charge on any atom is 0.417 e. The molecular formula is C46H46F3N9O5. The second-order valence-corrected chi connectivity index (χ2v) is 17.7. The number of nitriles is 1. The third-order valence-electron chi connectivity index (χ3n) is 14.3. The number of nitrogens with zero attached hydrogens (tertiary/aromatic N) is 7. The number of rotatable bonds is 8. The first kappa shape index (κ1) is 40.8. The minimum Gasteiger partial charge on any atom is -0.371 e. The molecule has 4 aromatic rings. The van der Waals surface area contributed by atoms with E-state index in [1.807, 2.05) is 29.0 Å². The van der Waals surface area contributed by atoms with Crippen molar-refractivity contribution < 1.29 is 37.1 Å². The van der Waals surface area contributed by atoms with E-state index in [9.17, 15) is 42.4 Å². The largest absolute Gasteiger partial charge is 0.417 e. The lowest BCUT2D eigenvalue weighted by molar-refractivity contribution is -0.138. The summed E-state index contributed by atoms with van der Waals surface area (Å²) in [5.41, 5.74) is 0.978. The predicted molar refractivity (Wildman–Crippen MR) is 226 cm³/mol. The SMILES string of the molecule is N#Cc1ccc(NC(=O)C2(n3ccc4cc(N5CCC(N6CC(N7CCN(c8ccc9c(c8)C(=O)N(C8CCC(=O)NC8=O)C9=O)CC7)C6)CC5)ccc43)CCC2)cc1C(F)(F)F. The molecule has 0 spiro atoms. The molecule has 1 aromatic heterocycles. The topological polar surface area (TPSA) is 154 Å². The number of piperidine rings is 2. The van der Waals surface area contributed by atoms with Gasteiger partial charge in [0.2, 0.25) is 11.8 Å². The molecule has 5 fully saturated rings. The van der Waals surface area contributed by atoms with E-state index in [1.54, 1.807) is 18.2 Å². The fourth-order valence-corrected chi connectivity index (χ4v) is 10.5. The quantitative estimate of drug-likeness (QED) is 0.234. The van der Waals surface area contributed by atoms with Gasteiger partial charge in [-0.25, -0.2) is 0 Å². The number of aromatic nitrogens is 1. The van der Waals surface area contributed by atoms with E-state index in [2.05, 4.69) is 42.4 Å². The molecule has 1 atom stereocenters. The summed E-state index contributed by atoms with van der Waals surface area (Å²) >= 11 is 0. The summed E-state index contributed by atoms with van der Waals surface area (Å²) in [5, 5.41) is 15.1. The Bertz CT molecular complexity index is 2590. The van der Waals surface area contributed by atoms with Crippen LogP contribution in [-0.2, 0) is 26.1 Å². The van der Waals surface area contributed by atoms with Crippen LogP contribution >= 0.6 is 0 Å². The number of carbonyl (C=O) groups is 5. The van der Waals surface area contributed by atoms with Gasteiger partial charge in [0, 0.05) is 105 Å². The molecular weight excluding hydrogens is 816 g/mol. The molecule has 17 heteroatoms. The number of benzene rings is 3. The molecule has 5 aliphatic heterocycles. The Morgan fingerprint density at radius 3 is 2.16 bits per heavy atom. The molecule has 1 aliphatic carbocycles. The van der Waals surface area contributed by atoms with Gasteiger partial charge in [-0.2, -0.15) is 18.4 Å². The van der Waals surface area contributed by atoms with Gasteiger partial charge in [0.05, 0.1) is 28.3 Å². The Labute approximate surface area is 361 Å². The van der Waals surface area contributed by atoms with E-state index in [0.717, 1.165) is 111 Å². The lowest BCUT2D eigenvalue weighted by Gasteiger charge is -2.52. The Morgan fingerprint density at radius 1 is 0.778 bits per heavy atom. The summed E-state index contributed by atoms with van der Waals surface area (Å²) in [6, 6.07) is 18.4. The number of hydrogen-bond donors (Lipinski definition) is 2. The molecule has 63 heavy (non-hydrogen) atoms. The molecule has 2 N–H and O–H groups in total. The maximum atomic E-state index is 13.8. The zero-order valence-electron chi connectivity index (χ0n) is 34.5. The monoisotopic (exact) mass is 861 g/mol. The van der Waals surface area contributed by atoms with Crippen molar-refractivity contribution in [2.45, 2.75) is 74.8 Å². The fourth-order valence-electron chi connectivity index (χ4n) is 10.5. The zero-order chi connectivity index (χ0) is 43.8. The van der Waals surface area contributed by atoms with E-state index in [4.69, 9.17) is 0 Å². The van der Waals surface area contributed by atoms with Gasteiger partial charge < -0.3 is 19.7 Å². The van der Waals surface area contributed by atoms with Crippen LogP contribution in [0, 0.1) is 11.3 Å². The first-order chi connectivity index (χ1) is 30.3. The average molecular weight is 862 g/mol. The number of halogens is 3. The minimum absolute atomic E-state index is 0.00396. The molecule has 1 saturated carbocycles. The molecule has 6 aliphatic rings. The van der Waals surface area contributed by atoms with Gasteiger partial charge in [0.25, 0.3) is 17.7 Å². The first-order valence-electron chi connectivity index (χ1n) is 21.7. The number of piperazine rings is 1. The number of nitrogens with one attached hydrogen (secondary N) is 2. The smallest absolute Gasteiger partial charge is 0.371 e. The Balaban J connectivity index is 0.709. The van der Waals surface area contributed by atoms with Crippen molar-refractivity contribution in [3.8, 4) is 6.07 Å². The van der Waals surface area contributed by atoms with Crippen LogP contribution in [0.2, 0.25) is 0 Å². The summed E-state index contributed by atoms with van der Waals surface area (Å²) in [6.07, 6.45) is 1.42. The highest BCUT2D eigenvalue weighted by molar-refractivity contribution is 6.23. The third-order valence-corrected chi connectivity index (χ3v) is 14.3. The zero-order valence-corrected chi connectivity index (χ0v) is 34.5. The van der Waals surface area contributed by atoms with Crippen molar-refractivity contribution in [3.63, 3.8) is 0 Å². The van der Waals surface area contributed by atoms with Crippen LogP contribution in [0.25, 0.3) is 10.9 Å². The van der Waals surface area contributed by atoms with Crippen LogP contribution in [-0.4, -0.2) is 119 Å². The summed E-state index contributed by atoms with van der Waals surface area (Å²) < 4.78 is 42.8. The van der Waals surface area contributed by atoms with Crippen LogP contribution in [0.1, 0.15) is 76.8 Å². The number of amides is 5. The highest BCUT2D eigenvalue weighted by Crippen LogP contribution is 2.44. The van der Waals surface area contributed by atoms with Crippen LogP contribution in [0.15, 0.2) is 66.9 Å². The van der Waals surface area contributed by atoms with E-state index >= 15 is 0 Å². The number of carbonyl (C=O) groups excluding carboxylic acids is 5. The minimum atomic E-state index is -4.72. The highest BCUT2D eigenvalue weighted by Gasteiger charge is 2.48. The third kappa shape index (κ3) is 7.09. The van der Waals surface area contributed by atoms with E-state index < -0.39 is 52.5 Å². The van der Waals surface area contributed by atoms with E-state index in [1.165, 1.54) is 6.07 Å². The number of imide groups is 2. The molecule has 1 unspecified atom stereocenters. The van der Waals surface area contributed by atoms with E-state index in [0.29, 0.717) is 30.5 Å². The summed E-state index contributed by atoms with van der Waals surface area (Å²) in [4.78, 5) is 75.2. The highest BCUT2D eigenvalue weighted by atomic mass is 19.4. The second-order valence-electron chi connectivity index (χ2n) is 17.7. The lowest BCUT2D eigenvalue weighted by Crippen LogP contribution is -2.66. The Kier molecular flexibility index (Phi) is 10.1. The Morgan fingerprint density at radius 2 is 1.48 bits per heavy atom. The average Bonchev–Trinajstić information content (AvgIpc) is 3.77. The molecule has 326 valence electrons. The first-order valence-corrected chi connectivity index (χ1v) is 21.7. The van der Waals surface area contributed by atoms with Crippen molar-refractivity contribution in [2.75, 3.05) is 67.5 Å². The molecule has 0 bridgehead atoms. The predicted octanol–water partition coefficient (Wildman–Crippen LogP) is 4.93. The molecule has 0 radical (unpaired) electrons. The summed E-state index contributed by atoms with van der Waals surface area (Å²) in [7, 11) is 0. The van der Waals surface area contributed by atoms with Crippen molar-refractivity contribution in [1.82, 2.24) is 24.6 Å². The number of anilines is 3. The van der Waals surface area contributed by atoms with Gasteiger partial charge in [-0.05, 0) is 99.2 Å². The molecule has 5 amide bonds. The number of likely N-dealkylation sites (tertiary alicyclic amines) is 1. The van der Waals surface area contributed by atoms with Crippen LogP contribution < -0.4 is 20.4 Å². The van der Waals surface area contributed by atoms with E-state index in [-0.39, 0.29) is 30.0 Å². The van der Waals surface area contributed by atoms with Gasteiger partial charge >= 0.3 is 6.18 Å². The fraction of sp³-hybridized carbons (Fsp3) is 0.435. The van der Waals surface area contributed by atoms with Gasteiger partial charge in [-0.15, -0.1) is 0 Å². The van der Waals surface area contributed by atoms with Crippen LogP contribution in [0.4, 0.5) is 30.2 Å². The number of fused-ring (bicyclic) bond motifs is 2. The lowest BCUT2D eigenvalue weighted by atomic mass is 9.75. The van der Waals surface area contributed by atoms with Crippen molar-refractivity contribution in [2.24, 2.45) is 0 Å². The molecule has 14 nitrogen and oxygen atoms in total. The molecule has 6 heterocycles. The molecule has 10 rings (SSSR count). The number of alkyl halides is 3. The van der Waals surface area contributed by atoms with Gasteiger partial charge in [0.15, 0.2) is 0 Å². The molecule has 3 aromatic carbocycles. The van der Waals surface area contributed by atoms with Crippen LogP contribution in [0.3, 0.4) is 0 Å². The number of hydrogen-bond acceptors (Lipinski definition) is 10. The van der Waals surface area contributed by atoms with Gasteiger partial charge in [-0.1, -0.05) is 0 Å². The second kappa shape index (κ2) is 15.5. The molecule has 4 saturated heterocycles. The van der Waals surface area contributed by atoms with Crippen molar-refractivity contribution >= 4 is 57.5 Å².